The smallest absolute Gasteiger partial charge is 0.166 e. The molecule has 4 nitrogen and oxygen atoms in total. The van der Waals surface area contributed by atoms with Crippen molar-refractivity contribution in [3.05, 3.63) is 23.3 Å². The molecule has 0 radical (unpaired) electrons. The first-order valence-electron chi connectivity index (χ1n) is 10.6. The van der Waals surface area contributed by atoms with Crippen molar-refractivity contribution in [1.29, 1.82) is 0 Å². The number of phenols is 2. The Labute approximate surface area is 164 Å². The molecular weight excluding hydrogens is 340 g/mol. The zero-order chi connectivity index (χ0) is 20.1. The van der Waals surface area contributed by atoms with Gasteiger partial charge in [-0.05, 0) is 37.0 Å². The van der Waals surface area contributed by atoms with Crippen LogP contribution >= 0.6 is 0 Å². The van der Waals surface area contributed by atoms with Gasteiger partial charge in [-0.1, -0.05) is 71.1 Å². The van der Waals surface area contributed by atoms with Gasteiger partial charge in [0.1, 0.15) is 11.5 Å². The number of benzene rings is 1. The summed E-state index contributed by atoms with van der Waals surface area (Å²) in [4.78, 5) is 12.4. The predicted octanol–water partition coefficient (Wildman–Crippen LogP) is 5.90. The van der Waals surface area contributed by atoms with Crippen LogP contribution in [-0.2, 0) is 0 Å². The largest absolute Gasteiger partial charge is 0.508 e. The van der Waals surface area contributed by atoms with Crippen molar-refractivity contribution in [2.24, 2.45) is 5.92 Å². The maximum atomic E-state index is 12.4. The van der Waals surface area contributed by atoms with E-state index in [1.165, 1.54) is 57.1 Å². The fourth-order valence-corrected chi connectivity index (χ4v) is 3.45. The predicted molar refractivity (Wildman–Crippen MR) is 110 cm³/mol. The summed E-state index contributed by atoms with van der Waals surface area (Å²) in [5.74, 6) is 0.194. The van der Waals surface area contributed by atoms with E-state index in [4.69, 9.17) is 5.11 Å². The minimum atomic E-state index is -0.100. The van der Waals surface area contributed by atoms with Gasteiger partial charge in [0.15, 0.2) is 5.78 Å². The molecule has 27 heavy (non-hydrogen) atoms. The Morgan fingerprint density at radius 2 is 1.37 bits per heavy atom. The number of hydrogen-bond donors (Lipinski definition) is 3. The first kappa shape index (κ1) is 23.5. The number of unbranched alkanes of at least 4 members (excludes halogenated alkanes) is 9. The van der Waals surface area contributed by atoms with Crippen molar-refractivity contribution in [2.75, 3.05) is 6.61 Å². The summed E-state index contributed by atoms with van der Waals surface area (Å²) in [6.07, 6.45) is 13.5. The van der Waals surface area contributed by atoms with E-state index in [-0.39, 0.29) is 28.8 Å². The number of rotatable bonds is 15. The lowest BCUT2D eigenvalue weighted by Crippen LogP contribution is -2.07. The highest BCUT2D eigenvalue weighted by Gasteiger charge is 2.16. The van der Waals surface area contributed by atoms with E-state index in [9.17, 15) is 15.0 Å². The molecule has 0 aliphatic rings. The van der Waals surface area contributed by atoms with E-state index in [0.717, 1.165) is 25.7 Å². The molecule has 1 aromatic rings. The molecule has 1 unspecified atom stereocenters. The molecule has 0 heterocycles. The molecule has 0 aliphatic carbocycles. The summed E-state index contributed by atoms with van der Waals surface area (Å²) in [5.41, 5.74) is 0.797. The second-order valence-corrected chi connectivity index (χ2v) is 7.94. The van der Waals surface area contributed by atoms with Crippen LogP contribution in [-0.4, -0.2) is 27.7 Å². The highest BCUT2D eigenvalue weighted by molar-refractivity contribution is 5.99. The van der Waals surface area contributed by atoms with Crippen LogP contribution in [0.1, 0.15) is 99.9 Å². The number of ketones is 1. The lowest BCUT2D eigenvalue weighted by atomic mass is 9.93. The third-order valence-corrected chi connectivity index (χ3v) is 5.25. The van der Waals surface area contributed by atoms with Gasteiger partial charge in [-0.2, -0.15) is 0 Å². The van der Waals surface area contributed by atoms with E-state index >= 15 is 0 Å². The second-order valence-electron chi connectivity index (χ2n) is 7.94. The summed E-state index contributed by atoms with van der Waals surface area (Å²) in [6.45, 7) is 4.09. The van der Waals surface area contributed by atoms with Crippen LogP contribution in [0, 0.1) is 12.8 Å². The molecule has 0 aromatic heterocycles. The van der Waals surface area contributed by atoms with E-state index < -0.39 is 0 Å². The van der Waals surface area contributed by atoms with Crippen LogP contribution in [0.15, 0.2) is 12.1 Å². The van der Waals surface area contributed by atoms with Gasteiger partial charge in [0.25, 0.3) is 0 Å². The minimum Gasteiger partial charge on any atom is -0.508 e. The van der Waals surface area contributed by atoms with Crippen LogP contribution in [0.2, 0.25) is 0 Å². The summed E-state index contributed by atoms with van der Waals surface area (Å²) in [6, 6.07) is 2.82. The van der Waals surface area contributed by atoms with Gasteiger partial charge < -0.3 is 15.3 Å². The molecule has 0 saturated heterocycles. The number of hydrogen-bond acceptors (Lipinski definition) is 4. The molecule has 0 aliphatic heterocycles. The Kier molecular flexibility index (Phi) is 11.8. The number of Topliss-reactive ketones (excluding diaryl/α,β-unsaturated/α-hetero) is 1. The van der Waals surface area contributed by atoms with Crippen LogP contribution in [0.5, 0.6) is 11.5 Å². The van der Waals surface area contributed by atoms with Crippen molar-refractivity contribution >= 4 is 5.78 Å². The number of aliphatic hydroxyl groups is 1. The number of carbonyl (C=O) groups is 1. The molecular formula is C23H38O4. The molecule has 4 heteroatoms. The minimum absolute atomic E-state index is 0.0427. The van der Waals surface area contributed by atoms with Crippen LogP contribution in [0.25, 0.3) is 0 Å². The van der Waals surface area contributed by atoms with Gasteiger partial charge in [0.05, 0.1) is 5.56 Å². The SMILES string of the molecule is Cc1cc(O)c(C(=O)CC(C)CCCCCCCCCCCCO)cc1O. The van der Waals surface area contributed by atoms with Crippen LogP contribution < -0.4 is 0 Å². The monoisotopic (exact) mass is 378 g/mol. The van der Waals surface area contributed by atoms with Crippen LogP contribution in [0.4, 0.5) is 0 Å². The highest BCUT2D eigenvalue weighted by atomic mass is 16.3. The topological polar surface area (TPSA) is 77.8 Å². The zero-order valence-corrected chi connectivity index (χ0v) is 17.2. The molecule has 0 spiro atoms. The summed E-state index contributed by atoms with van der Waals surface area (Å²) in [5, 5.41) is 28.4. The second kappa shape index (κ2) is 13.6. The van der Waals surface area contributed by atoms with Crippen molar-refractivity contribution in [2.45, 2.75) is 90.9 Å². The summed E-state index contributed by atoms with van der Waals surface area (Å²) in [7, 11) is 0. The van der Waals surface area contributed by atoms with Gasteiger partial charge >= 0.3 is 0 Å². The molecule has 1 aromatic carbocycles. The van der Waals surface area contributed by atoms with Crippen molar-refractivity contribution in [1.82, 2.24) is 0 Å². The third kappa shape index (κ3) is 9.81. The average Bonchev–Trinajstić information content (AvgIpc) is 2.62. The number of aryl methyl sites for hydroxylation is 1. The number of aliphatic hydroxyl groups excluding tert-OH is 1. The number of phenolic OH excluding ortho intramolecular Hbond substituents is 2. The lowest BCUT2D eigenvalue weighted by molar-refractivity contribution is 0.0959. The normalized spacial score (nSPS) is 12.3. The van der Waals surface area contributed by atoms with E-state index in [1.807, 2.05) is 0 Å². The Bertz CT molecular complexity index is 554. The van der Waals surface area contributed by atoms with Gasteiger partial charge in [-0.3, -0.25) is 4.79 Å². The maximum Gasteiger partial charge on any atom is 0.166 e. The molecule has 0 amide bonds. The summed E-state index contributed by atoms with van der Waals surface area (Å²) < 4.78 is 0. The van der Waals surface area contributed by atoms with Gasteiger partial charge in [-0.15, -0.1) is 0 Å². The Balaban J connectivity index is 2.11. The molecule has 154 valence electrons. The molecule has 1 atom stereocenters. The average molecular weight is 379 g/mol. The highest BCUT2D eigenvalue weighted by Crippen LogP contribution is 2.29. The zero-order valence-electron chi connectivity index (χ0n) is 17.2. The Hall–Kier alpha value is -1.55. The first-order chi connectivity index (χ1) is 13.0. The molecule has 1 rings (SSSR count). The standard InChI is InChI=1S/C23H38O4/c1-18(13-11-9-7-5-3-4-6-8-10-12-14-24)15-22(26)20-17-21(25)19(2)16-23(20)27/h16-18,24-25,27H,3-15H2,1-2H3. The fourth-order valence-electron chi connectivity index (χ4n) is 3.45. The molecule has 0 fully saturated rings. The first-order valence-corrected chi connectivity index (χ1v) is 10.6. The molecule has 3 N–H and O–H groups in total. The van der Waals surface area contributed by atoms with E-state index in [0.29, 0.717) is 18.6 Å². The number of carbonyl (C=O) groups excluding carboxylic acids is 1. The van der Waals surface area contributed by atoms with E-state index in [2.05, 4.69) is 6.92 Å². The van der Waals surface area contributed by atoms with Gasteiger partial charge in [0.2, 0.25) is 0 Å². The van der Waals surface area contributed by atoms with Crippen molar-refractivity contribution in [3.8, 4) is 11.5 Å². The fraction of sp³-hybridized carbons (Fsp3) is 0.696. The summed E-state index contributed by atoms with van der Waals surface area (Å²) >= 11 is 0. The van der Waals surface area contributed by atoms with Crippen molar-refractivity contribution < 1.29 is 20.1 Å². The van der Waals surface area contributed by atoms with Crippen LogP contribution in [0.3, 0.4) is 0 Å². The Morgan fingerprint density at radius 1 is 0.852 bits per heavy atom. The lowest BCUT2D eigenvalue weighted by Gasteiger charge is -2.12. The van der Waals surface area contributed by atoms with Gasteiger partial charge in [-0.25, -0.2) is 0 Å². The maximum absolute atomic E-state index is 12.4. The molecule has 0 bridgehead atoms. The van der Waals surface area contributed by atoms with Crippen molar-refractivity contribution in [3.63, 3.8) is 0 Å². The Morgan fingerprint density at radius 3 is 1.93 bits per heavy atom. The number of aromatic hydroxyl groups is 2. The van der Waals surface area contributed by atoms with E-state index in [1.54, 1.807) is 6.92 Å². The van der Waals surface area contributed by atoms with Gasteiger partial charge in [0, 0.05) is 13.0 Å². The molecule has 0 saturated carbocycles. The third-order valence-electron chi connectivity index (χ3n) is 5.25. The quantitative estimate of drug-likeness (QED) is 0.202.